The molecule has 1 rings (SSSR count). The molecule has 1 aromatic rings. The molecule has 5 nitrogen and oxygen atoms in total. The van der Waals surface area contributed by atoms with Gasteiger partial charge >= 0.3 is 0 Å². The number of aryl methyl sites for hydroxylation is 1. The molecule has 0 fully saturated rings. The molecule has 0 atom stereocenters. The van der Waals surface area contributed by atoms with Crippen molar-refractivity contribution in [2.75, 3.05) is 6.54 Å². The van der Waals surface area contributed by atoms with Gasteiger partial charge in [0.15, 0.2) is 0 Å². The summed E-state index contributed by atoms with van der Waals surface area (Å²) in [5.74, 6) is -0.326. The van der Waals surface area contributed by atoms with E-state index in [1.807, 2.05) is 13.8 Å². The van der Waals surface area contributed by atoms with Crippen LogP contribution < -0.4 is 10.9 Å². The summed E-state index contributed by atoms with van der Waals surface area (Å²) in [4.78, 5) is 23.5. The van der Waals surface area contributed by atoms with Crippen LogP contribution in [0, 0.1) is 0 Å². The number of nitrogens with one attached hydrogen (secondary N) is 1. The van der Waals surface area contributed by atoms with Crippen LogP contribution in [-0.4, -0.2) is 27.7 Å². The minimum Gasteiger partial charge on any atom is -0.388 e. The largest absolute Gasteiger partial charge is 0.388 e. The van der Waals surface area contributed by atoms with E-state index >= 15 is 0 Å². The highest BCUT2D eigenvalue weighted by Gasteiger charge is 2.25. The fraction of sp³-hybridized carbons (Fsp3) is 0.600. The van der Waals surface area contributed by atoms with Gasteiger partial charge in [-0.05, 0) is 18.9 Å². The number of nitrogens with zero attached hydrogens (tertiary/aromatic N) is 1. The van der Waals surface area contributed by atoms with E-state index in [0.717, 1.165) is 12.8 Å². The van der Waals surface area contributed by atoms with E-state index in [1.54, 1.807) is 19.3 Å². The lowest BCUT2D eigenvalue weighted by Crippen LogP contribution is -2.43. The van der Waals surface area contributed by atoms with Crippen molar-refractivity contribution in [2.45, 2.75) is 45.1 Å². The van der Waals surface area contributed by atoms with Gasteiger partial charge in [0.05, 0.1) is 5.60 Å². The van der Waals surface area contributed by atoms with Crippen molar-refractivity contribution in [3.8, 4) is 0 Å². The van der Waals surface area contributed by atoms with E-state index in [1.165, 1.54) is 10.6 Å². The minimum atomic E-state index is -0.862. The lowest BCUT2D eigenvalue weighted by atomic mass is 9.92. The van der Waals surface area contributed by atoms with E-state index in [9.17, 15) is 14.7 Å². The summed E-state index contributed by atoms with van der Waals surface area (Å²) in [5.41, 5.74) is -0.766. The molecule has 1 aromatic heterocycles. The second-order valence-corrected chi connectivity index (χ2v) is 5.27. The maximum absolute atomic E-state index is 12.0. The normalized spacial score (nSPS) is 11.4. The molecular formula is C15H24N2O3. The Bertz CT molecular complexity index is 502. The molecule has 0 saturated carbocycles. The zero-order valence-corrected chi connectivity index (χ0v) is 12.5. The second-order valence-electron chi connectivity index (χ2n) is 5.27. The Morgan fingerprint density at radius 1 is 1.35 bits per heavy atom. The molecule has 0 spiro atoms. The first-order chi connectivity index (χ1) is 9.41. The maximum atomic E-state index is 12.0. The smallest absolute Gasteiger partial charge is 0.251 e. The maximum Gasteiger partial charge on any atom is 0.251 e. The highest BCUT2D eigenvalue weighted by molar-refractivity contribution is 5.94. The minimum absolute atomic E-state index is 0.211. The van der Waals surface area contributed by atoms with Gasteiger partial charge in [-0.1, -0.05) is 26.7 Å². The van der Waals surface area contributed by atoms with Crippen molar-refractivity contribution in [1.29, 1.82) is 0 Å². The molecular weight excluding hydrogens is 256 g/mol. The first-order valence-electron chi connectivity index (χ1n) is 7.09. The van der Waals surface area contributed by atoms with Crippen LogP contribution in [0.2, 0.25) is 0 Å². The Balaban J connectivity index is 2.70. The predicted octanol–water partition coefficient (Wildman–Crippen LogP) is 1.45. The van der Waals surface area contributed by atoms with Gasteiger partial charge in [0.2, 0.25) is 0 Å². The Labute approximate surface area is 119 Å². The third kappa shape index (κ3) is 4.49. The Morgan fingerprint density at radius 3 is 2.45 bits per heavy atom. The number of hydrogen-bond acceptors (Lipinski definition) is 3. The number of aliphatic hydroxyl groups is 1. The first-order valence-corrected chi connectivity index (χ1v) is 7.09. The van der Waals surface area contributed by atoms with Gasteiger partial charge in [-0.25, -0.2) is 0 Å². The van der Waals surface area contributed by atoms with E-state index < -0.39 is 5.60 Å². The summed E-state index contributed by atoms with van der Waals surface area (Å²) in [6.07, 6.45) is 4.58. The Hall–Kier alpha value is -1.62. The molecule has 0 bridgehead atoms. The molecule has 0 aliphatic heterocycles. The fourth-order valence-electron chi connectivity index (χ4n) is 2.27. The van der Waals surface area contributed by atoms with Crippen molar-refractivity contribution in [2.24, 2.45) is 7.05 Å². The van der Waals surface area contributed by atoms with Gasteiger partial charge in [0, 0.05) is 31.4 Å². The van der Waals surface area contributed by atoms with Gasteiger partial charge in [-0.3, -0.25) is 9.59 Å². The van der Waals surface area contributed by atoms with Gasteiger partial charge in [-0.2, -0.15) is 0 Å². The summed E-state index contributed by atoms with van der Waals surface area (Å²) in [5, 5.41) is 13.1. The number of pyridine rings is 1. The number of carbonyl (C=O) groups is 1. The molecule has 2 N–H and O–H groups in total. The molecule has 1 heterocycles. The molecule has 112 valence electrons. The average Bonchev–Trinajstić information content (AvgIpc) is 2.40. The molecule has 0 unspecified atom stereocenters. The summed E-state index contributed by atoms with van der Waals surface area (Å²) in [6.45, 7) is 4.22. The molecule has 20 heavy (non-hydrogen) atoms. The molecule has 1 amide bonds. The Morgan fingerprint density at radius 2 is 1.95 bits per heavy atom. The van der Waals surface area contributed by atoms with Crippen LogP contribution in [0.4, 0.5) is 0 Å². The molecule has 0 aromatic carbocycles. The van der Waals surface area contributed by atoms with Crippen molar-refractivity contribution >= 4 is 5.91 Å². The summed E-state index contributed by atoms with van der Waals surface area (Å²) in [7, 11) is 1.63. The van der Waals surface area contributed by atoms with Crippen molar-refractivity contribution in [1.82, 2.24) is 9.88 Å². The zero-order valence-electron chi connectivity index (χ0n) is 12.5. The number of amides is 1. The van der Waals surface area contributed by atoms with Crippen LogP contribution in [0.15, 0.2) is 23.1 Å². The zero-order chi connectivity index (χ0) is 15.2. The second kappa shape index (κ2) is 7.24. The fourth-order valence-corrected chi connectivity index (χ4v) is 2.27. The lowest BCUT2D eigenvalue weighted by Gasteiger charge is -2.27. The van der Waals surface area contributed by atoms with Gasteiger partial charge in [-0.15, -0.1) is 0 Å². The summed E-state index contributed by atoms with van der Waals surface area (Å²) in [6, 6.07) is 2.89. The van der Waals surface area contributed by atoms with Crippen molar-refractivity contribution in [3.63, 3.8) is 0 Å². The monoisotopic (exact) mass is 280 g/mol. The highest BCUT2D eigenvalue weighted by atomic mass is 16.3. The molecule has 0 aliphatic carbocycles. The topological polar surface area (TPSA) is 71.3 Å². The van der Waals surface area contributed by atoms with Crippen LogP contribution in [0.1, 0.15) is 49.9 Å². The highest BCUT2D eigenvalue weighted by Crippen LogP contribution is 2.18. The average molecular weight is 280 g/mol. The third-order valence-corrected chi connectivity index (χ3v) is 3.38. The standard InChI is InChI=1S/C15H24N2O3/c1-4-7-15(20,8-5-2)11-16-14(19)12-6-9-17(3)13(18)10-12/h6,9-10,20H,4-5,7-8,11H2,1-3H3,(H,16,19). The van der Waals surface area contributed by atoms with Crippen molar-refractivity contribution < 1.29 is 9.90 Å². The van der Waals surface area contributed by atoms with Crippen LogP contribution in [0.25, 0.3) is 0 Å². The van der Waals surface area contributed by atoms with E-state index in [2.05, 4.69) is 5.32 Å². The third-order valence-electron chi connectivity index (χ3n) is 3.38. The summed E-state index contributed by atoms with van der Waals surface area (Å²) >= 11 is 0. The predicted molar refractivity (Wildman–Crippen MR) is 78.8 cm³/mol. The molecule has 0 aliphatic rings. The number of carbonyl (C=O) groups excluding carboxylic acids is 1. The Kier molecular flexibility index (Phi) is 5.95. The molecule has 5 heteroatoms. The number of aromatic nitrogens is 1. The number of rotatable bonds is 7. The van der Waals surface area contributed by atoms with Crippen LogP contribution >= 0.6 is 0 Å². The lowest BCUT2D eigenvalue weighted by molar-refractivity contribution is 0.0213. The van der Waals surface area contributed by atoms with Gasteiger partial charge in [0.1, 0.15) is 0 Å². The van der Waals surface area contributed by atoms with Crippen molar-refractivity contribution in [3.05, 3.63) is 34.2 Å². The number of hydrogen-bond donors (Lipinski definition) is 2. The summed E-state index contributed by atoms with van der Waals surface area (Å²) < 4.78 is 1.40. The van der Waals surface area contributed by atoms with E-state index in [0.29, 0.717) is 18.4 Å². The molecule has 0 saturated heterocycles. The van der Waals surface area contributed by atoms with E-state index in [-0.39, 0.29) is 18.0 Å². The van der Waals surface area contributed by atoms with Crippen LogP contribution in [0.5, 0.6) is 0 Å². The first kappa shape index (κ1) is 16.4. The van der Waals surface area contributed by atoms with Gasteiger partial charge in [0.25, 0.3) is 11.5 Å². The van der Waals surface area contributed by atoms with Crippen LogP contribution in [-0.2, 0) is 7.05 Å². The van der Waals surface area contributed by atoms with Crippen LogP contribution in [0.3, 0.4) is 0 Å². The SMILES string of the molecule is CCCC(O)(CCC)CNC(=O)c1ccn(C)c(=O)c1. The quantitative estimate of drug-likeness (QED) is 0.794. The molecule has 0 radical (unpaired) electrons. The van der Waals surface area contributed by atoms with Gasteiger partial charge < -0.3 is 15.0 Å². The van der Waals surface area contributed by atoms with E-state index in [4.69, 9.17) is 0 Å².